The number of carbonyl (C=O) groups excluding carboxylic acids is 1. The first kappa shape index (κ1) is 13.6. The van der Waals surface area contributed by atoms with E-state index in [-0.39, 0.29) is 11.9 Å². The Labute approximate surface area is 120 Å². The second-order valence-corrected chi connectivity index (χ2v) is 5.79. The van der Waals surface area contributed by atoms with Gasteiger partial charge in [-0.15, -0.1) is 0 Å². The lowest BCUT2D eigenvalue weighted by molar-refractivity contribution is -0.127. The van der Waals surface area contributed by atoms with E-state index in [9.17, 15) is 4.79 Å². The Balaban J connectivity index is 1.69. The summed E-state index contributed by atoms with van der Waals surface area (Å²) < 4.78 is 5.39. The molecule has 1 N–H and O–H groups in total. The van der Waals surface area contributed by atoms with Crippen molar-refractivity contribution in [3.8, 4) is 0 Å². The molecule has 0 bridgehead atoms. The summed E-state index contributed by atoms with van der Waals surface area (Å²) in [5.74, 6) is 0.587. The molecule has 0 saturated carbocycles. The number of carbonyl (C=O) groups is 1. The topological polar surface area (TPSA) is 41.6 Å². The van der Waals surface area contributed by atoms with Crippen LogP contribution in [0.4, 0.5) is 0 Å². The second-order valence-electron chi connectivity index (χ2n) is 5.79. The third-order valence-electron chi connectivity index (χ3n) is 4.43. The monoisotopic (exact) mass is 274 g/mol. The zero-order chi connectivity index (χ0) is 13.9. The van der Waals surface area contributed by atoms with Crippen LogP contribution < -0.4 is 5.32 Å². The van der Waals surface area contributed by atoms with Gasteiger partial charge in [0.25, 0.3) is 0 Å². The van der Waals surface area contributed by atoms with Gasteiger partial charge < -0.3 is 15.0 Å². The third-order valence-corrected chi connectivity index (χ3v) is 4.43. The minimum absolute atomic E-state index is 0.193. The predicted octanol–water partition coefficient (Wildman–Crippen LogP) is 1.58. The summed E-state index contributed by atoms with van der Waals surface area (Å²) in [7, 11) is 1.92. The molecule has 20 heavy (non-hydrogen) atoms. The van der Waals surface area contributed by atoms with E-state index in [2.05, 4.69) is 17.4 Å². The maximum absolute atomic E-state index is 12.0. The normalized spacial score (nSPS) is 30.1. The zero-order valence-corrected chi connectivity index (χ0v) is 11.9. The van der Waals surface area contributed by atoms with E-state index in [1.54, 1.807) is 0 Å². The minimum atomic E-state index is 0.193. The Morgan fingerprint density at radius 1 is 1.35 bits per heavy atom. The zero-order valence-electron chi connectivity index (χ0n) is 11.9. The fourth-order valence-electron chi connectivity index (χ4n) is 3.29. The second kappa shape index (κ2) is 5.94. The number of hydrogen-bond acceptors (Lipinski definition) is 3. The Morgan fingerprint density at radius 2 is 2.15 bits per heavy atom. The van der Waals surface area contributed by atoms with Gasteiger partial charge in [-0.1, -0.05) is 30.3 Å². The van der Waals surface area contributed by atoms with Gasteiger partial charge in [-0.05, 0) is 12.0 Å². The smallest absolute Gasteiger partial charge is 0.223 e. The molecule has 4 nitrogen and oxygen atoms in total. The summed E-state index contributed by atoms with van der Waals surface area (Å²) in [6.07, 6.45) is 1.71. The molecular formula is C16H22N2O2. The number of ether oxygens (including phenoxy) is 1. The third kappa shape index (κ3) is 2.72. The van der Waals surface area contributed by atoms with Crippen molar-refractivity contribution in [3.63, 3.8) is 0 Å². The lowest BCUT2D eigenvalue weighted by Crippen LogP contribution is -2.35. The van der Waals surface area contributed by atoms with E-state index >= 15 is 0 Å². The summed E-state index contributed by atoms with van der Waals surface area (Å²) in [5.41, 5.74) is 1.23. The van der Waals surface area contributed by atoms with E-state index in [1.807, 2.05) is 30.1 Å². The molecule has 0 aliphatic carbocycles. The molecule has 3 atom stereocenters. The Bertz CT molecular complexity index is 457. The molecule has 4 heteroatoms. The van der Waals surface area contributed by atoms with Crippen molar-refractivity contribution in [3.05, 3.63) is 35.9 Å². The van der Waals surface area contributed by atoms with Crippen LogP contribution in [0.2, 0.25) is 0 Å². The van der Waals surface area contributed by atoms with Gasteiger partial charge in [0.2, 0.25) is 5.91 Å². The highest BCUT2D eigenvalue weighted by molar-refractivity contribution is 5.79. The first-order valence-electron chi connectivity index (χ1n) is 7.37. The lowest BCUT2D eigenvalue weighted by atomic mass is 9.93. The van der Waals surface area contributed by atoms with Gasteiger partial charge in [0.15, 0.2) is 0 Å². The highest BCUT2D eigenvalue weighted by Crippen LogP contribution is 2.36. The van der Waals surface area contributed by atoms with Gasteiger partial charge >= 0.3 is 0 Å². The molecular weight excluding hydrogens is 252 g/mol. The van der Waals surface area contributed by atoms with Crippen molar-refractivity contribution in [2.24, 2.45) is 5.92 Å². The molecule has 2 heterocycles. The van der Waals surface area contributed by atoms with Crippen LogP contribution in [0, 0.1) is 5.92 Å². The number of rotatable bonds is 4. The Hall–Kier alpha value is -1.39. The fraction of sp³-hybridized carbons (Fsp3) is 0.562. The van der Waals surface area contributed by atoms with Crippen molar-refractivity contribution in [2.75, 3.05) is 26.8 Å². The van der Waals surface area contributed by atoms with Crippen LogP contribution in [0.25, 0.3) is 0 Å². The first-order valence-corrected chi connectivity index (χ1v) is 7.37. The molecule has 2 aliphatic heterocycles. The van der Waals surface area contributed by atoms with Crippen LogP contribution >= 0.6 is 0 Å². The number of hydrogen-bond donors (Lipinski definition) is 1. The number of nitrogens with zero attached hydrogens (tertiary/aromatic N) is 1. The van der Waals surface area contributed by atoms with Crippen LogP contribution in [0.5, 0.6) is 0 Å². The van der Waals surface area contributed by atoms with Crippen molar-refractivity contribution >= 4 is 5.91 Å². The maximum Gasteiger partial charge on any atom is 0.223 e. The number of benzene rings is 1. The van der Waals surface area contributed by atoms with Gasteiger partial charge in [0, 0.05) is 38.6 Å². The van der Waals surface area contributed by atoms with Crippen LogP contribution in [0.1, 0.15) is 24.4 Å². The molecule has 0 radical (unpaired) electrons. The molecule has 2 aliphatic rings. The quantitative estimate of drug-likeness (QED) is 0.906. The fourth-order valence-corrected chi connectivity index (χ4v) is 3.29. The average molecular weight is 274 g/mol. The number of nitrogens with one attached hydrogen (secondary N) is 1. The van der Waals surface area contributed by atoms with Crippen LogP contribution in [0.15, 0.2) is 30.3 Å². The van der Waals surface area contributed by atoms with Gasteiger partial charge in [-0.3, -0.25) is 4.79 Å². The van der Waals surface area contributed by atoms with E-state index in [4.69, 9.17) is 4.74 Å². The number of amides is 1. The highest BCUT2D eigenvalue weighted by atomic mass is 16.5. The molecule has 108 valence electrons. The summed E-state index contributed by atoms with van der Waals surface area (Å²) in [6.45, 7) is 2.53. The van der Waals surface area contributed by atoms with E-state index < -0.39 is 0 Å². The highest BCUT2D eigenvalue weighted by Gasteiger charge is 2.38. The molecule has 1 aromatic rings. The SMILES string of the molecule is CN1C(=O)C[C@@H](CNC2CCOC2)[C@@H]1c1ccccc1. The van der Waals surface area contributed by atoms with Gasteiger partial charge in [-0.25, -0.2) is 0 Å². The van der Waals surface area contributed by atoms with E-state index in [1.165, 1.54) is 5.56 Å². The van der Waals surface area contributed by atoms with Gasteiger partial charge in [0.1, 0.15) is 0 Å². The predicted molar refractivity (Wildman–Crippen MR) is 77.3 cm³/mol. The molecule has 0 aromatic heterocycles. The molecule has 3 rings (SSSR count). The molecule has 1 aromatic carbocycles. The molecule has 2 saturated heterocycles. The number of likely N-dealkylation sites (tertiary alicyclic amines) is 1. The van der Waals surface area contributed by atoms with Crippen molar-refractivity contribution in [2.45, 2.75) is 24.9 Å². The maximum atomic E-state index is 12.0. The molecule has 1 amide bonds. The minimum Gasteiger partial charge on any atom is -0.380 e. The first-order chi connectivity index (χ1) is 9.75. The van der Waals surface area contributed by atoms with Crippen LogP contribution in [-0.4, -0.2) is 43.7 Å². The lowest BCUT2D eigenvalue weighted by Gasteiger charge is -2.26. The standard InChI is InChI=1S/C16H22N2O2/c1-18-15(19)9-13(10-17-14-7-8-20-11-14)16(18)12-5-3-2-4-6-12/h2-6,13-14,16-17H,7-11H2,1H3/t13-,14?,16-/m0/s1. The molecule has 0 spiro atoms. The summed E-state index contributed by atoms with van der Waals surface area (Å²) in [4.78, 5) is 13.9. The molecule has 2 fully saturated rings. The van der Waals surface area contributed by atoms with Gasteiger partial charge in [0.05, 0.1) is 12.6 Å². The van der Waals surface area contributed by atoms with Crippen molar-refractivity contribution in [1.82, 2.24) is 10.2 Å². The van der Waals surface area contributed by atoms with Crippen LogP contribution in [-0.2, 0) is 9.53 Å². The summed E-state index contributed by atoms with van der Waals surface area (Å²) in [5, 5.41) is 3.56. The summed E-state index contributed by atoms with van der Waals surface area (Å²) in [6, 6.07) is 11.0. The Morgan fingerprint density at radius 3 is 2.85 bits per heavy atom. The van der Waals surface area contributed by atoms with Gasteiger partial charge in [-0.2, -0.15) is 0 Å². The average Bonchev–Trinajstić information content (AvgIpc) is 3.07. The molecule has 1 unspecified atom stereocenters. The van der Waals surface area contributed by atoms with Crippen molar-refractivity contribution < 1.29 is 9.53 Å². The summed E-state index contributed by atoms with van der Waals surface area (Å²) >= 11 is 0. The largest absolute Gasteiger partial charge is 0.380 e. The van der Waals surface area contributed by atoms with Crippen molar-refractivity contribution in [1.29, 1.82) is 0 Å². The Kier molecular flexibility index (Phi) is 4.03. The van der Waals surface area contributed by atoms with Crippen LogP contribution in [0.3, 0.4) is 0 Å². The van der Waals surface area contributed by atoms with E-state index in [0.29, 0.717) is 18.4 Å². The van der Waals surface area contributed by atoms with E-state index in [0.717, 1.165) is 26.2 Å².